The van der Waals surface area contributed by atoms with Gasteiger partial charge in [0.2, 0.25) is 11.9 Å². The number of fused-ring (bicyclic) bond motifs is 2. The molecular formula is C21H23N7O3. The van der Waals surface area contributed by atoms with Gasteiger partial charge in [0.05, 0.1) is 11.3 Å². The number of anilines is 4. The molecule has 3 aromatic rings. The average molecular weight is 421 g/mol. The molecule has 31 heavy (non-hydrogen) atoms. The lowest BCUT2D eigenvalue weighted by molar-refractivity contribution is -0.142. The molecule has 2 aromatic heterocycles. The largest absolute Gasteiger partial charge is 0.481 e. The number of nitrogens with one attached hydrogen (secondary N) is 2. The van der Waals surface area contributed by atoms with Gasteiger partial charge in [0.15, 0.2) is 11.5 Å². The van der Waals surface area contributed by atoms with Crippen molar-refractivity contribution in [1.29, 1.82) is 0 Å². The number of aromatic nitrogens is 4. The standard InChI is InChI=1S/C21H23N7O3/c1-21(2)14-6-5-13(10-15(14)24-19(21)31)23-20-25-17-16(22-7-9-28(17)26-20)27-8-3-4-12(11-27)18(29)30/h5-7,9-10,12H,3-4,8,11H2,1-2H3,(H,23,26)(H,24,31)(H,29,30). The molecule has 3 N–H and O–H groups in total. The minimum absolute atomic E-state index is 0.0255. The van der Waals surface area contributed by atoms with Crippen molar-refractivity contribution in [3.05, 3.63) is 36.2 Å². The summed E-state index contributed by atoms with van der Waals surface area (Å²) in [5.41, 5.74) is 2.49. The average Bonchev–Trinajstić information content (AvgIpc) is 3.25. The van der Waals surface area contributed by atoms with Crippen molar-refractivity contribution in [1.82, 2.24) is 19.6 Å². The minimum atomic E-state index is -0.785. The van der Waals surface area contributed by atoms with Crippen LogP contribution >= 0.6 is 0 Å². The third-order valence-electron chi connectivity index (χ3n) is 6.07. The molecule has 10 heteroatoms. The number of piperidine rings is 1. The Morgan fingerprint density at radius 1 is 1.35 bits per heavy atom. The van der Waals surface area contributed by atoms with E-state index in [9.17, 15) is 14.7 Å². The highest BCUT2D eigenvalue weighted by atomic mass is 16.4. The summed E-state index contributed by atoms with van der Waals surface area (Å²) in [6, 6.07) is 5.70. The van der Waals surface area contributed by atoms with Gasteiger partial charge in [-0.2, -0.15) is 4.98 Å². The molecule has 4 heterocycles. The molecule has 2 aliphatic rings. The van der Waals surface area contributed by atoms with Crippen LogP contribution in [0.15, 0.2) is 30.6 Å². The van der Waals surface area contributed by atoms with Gasteiger partial charge in [-0.1, -0.05) is 6.07 Å². The van der Waals surface area contributed by atoms with Crippen molar-refractivity contribution in [2.45, 2.75) is 32.1 Å². The molecule has 0 aliphatic carbocycles. The molecule has 1 amide bonds. The number of carbonyl (C=O) groups is 2. The van der Waals surface area contributed by atoms with Crippen LogP contribution < -0.4 is 15.5 Å². The van der Waals surface area contributed by atoms with E-state index in [-0.39, 0.29) is 5.91 Å². The van der Waals surface area contributed by atoms with Crippen molar-refractivity contribution in [2.75, 3.05) is 28.6 Å². The second-order valence-electron chi connectivity index (χ2n) is 8.54. The number of amides is 1. The van der Waals surface area contributed by atoms with Crippen LogP contribution in [0.1, 0.15) is 32.3 Å². The van der Waals surface area contributed by atoms with Gasteiger partial charge in [-0.3, -0.25) is 9.59 Å². The summed E-state index contributed by atoms with van der Waals surface area (Å²) in [4.78, 5) is 34.6. The first-order valence-corrected chi connectivity index (χ1v) is 10.2. The third-order valence-corrected chi connectivity index (χ3v) is 6.07. The van der Waals surface area contributed by atoms with Gasteiger partial charge in [-0.05, 0) is 44.4 Å². The first-order chi connectivity index (χ1) is 14.8. The number of hydrogen-bond donors (Lipinski definition) is 3. The van der Waals surface area contributed by atoms with Gasteiger partial charge < -0.3 is 20.6 Å². The van der Waals surface area contributed by atoms with Crippen molar-refractivity contribution >= 4 is 40.7 Å². The zero-order valence-corrected chi connectivity index (χ0v) is 17.3. The quantitative estimate of drug-likeness (QED) is 0.587. The van der Waals surface area contributed by atoms with Gasteiger partial charge in [-0.15, -0.1) is 5.10 Å². The molecule has 0 saturated carbocycles. The number of benzene rings is 1. The molecule has 10 nitrogen and oxygen atoms in total. The van der Waals surface area contributed by atoms with E-state index in [1.54, 1.807) is 16.9 Å². The summed E-state index contributed by atoms with van der Waals surface area (Å²) < 4.78 is 1.63. The van der Waals surface area contributed by atoms with Crippen LogP contribution in [0, 0.1) is 5.92 Å². The van der Waals surface area contributed by atoms with E-state index < -0.39 is 17.3 Å². The molecule has 1 saturated heterocycles. The molecule has 160 valence electrons. The lowest BCUT2D eigenvalue weighted by atomic mass is 9.86. The van der Waals surface area contributed by atoms with Gasteiger partial charge in [0.25, 0.3) is 0 Å². The summed E-state index contributed by atoms with van der Waals surface area (Å²) in [5, 5.41) is 20.0. The summed E-state index contributed by atoms with van der Waals surface area (Å²) in [7, 11) is 0. The van der Waals surface area contributed by atoms with Gasteiger partial charge in [0, 0.05) is 36.9 Å². The highest BCUT2D eigenvalue weighted by Gasteiger charge is 2.38. The molecule has 2 aliphatic heterocycles. The second kappa shape index (κ2) is 6.93. The van der Waals surface area contributed by atoms with E-state index in [0.29, 0.717) is 30.4 Å². The topological polar surface area (TPSA) is 125 Å². The molecular weight excluding hydrogens is 398 g/mol. The number of carboxylic acids is 1. The third kappa shape index (κ3) is 3.24. The van der Waals surface area contributed by atoms with Gasteiger partial charge in [0.1, 0.15) is 0 Å². The predicted octanol–water partition coefficient (Wildman–Crippen LogP) is 2.40. The molecule has 1 unspecified atom stereocenters. The van der Waals surface area contributed by atoms with Gasteiger partial charge in [-0.25, -0.2) is 9.50 Å². The van der Waals surface area contributed by atoms with Crippen LogP contribution in [0.5, 0.6) is 0 Å². The minimum Gasteiger partial charge on any atom is -0.481 e. The molecule has 1 fully saturated rings. The number of rotatable bonds is 4. The maximum absolute atomic E-state index is 12.2. The van der Waals surface area contributed by atoms with E-state index in [4.69, 9.17) is 0 Å². The lowest BCUT2D eigenvalue weighted by Gasteiger charge is -2.31. The highest BCUT2D eigenvalue weighted by molar-refractivity contribution is 6.06. The smallest absolute Gasteiger partial charge is 0.308 e. The summed E-state index contributed by atoms with van der Waals surface area (Å²) in [6.45, 7) is 4.92. The van der Waals surface area contributed by atoms with Gasteiger partial charge >= 0.3 is 5.97 Å². The normalized spacial score (nSPS) is 19.9. The fourth-order valence-electron chi connectivity index (χ4n) is 4.25. The predicted molar refractivity (Wildman–Crippen MR) is 115 cm³/mol. The molecule has 0 bridgehead atoms. The van der Waals surface area contributed by atoms with E-state index in [1.807, 2.05) is 36.9 Å². The number of carboxylic acid groups (broad SMARTS) is 1. The molecule has 0 radical (unpaired) electrons. The highest BCUT2D eigenvalue weighted by Crippen LogP contribution is 2.39. The lowest BCUT2D eigenvalue weighted by Crippen LogP contribution is -2.39. The zero-order valence-electron chi connectivity index (χ0n) is 17.3. The van der Waals surface area contributed by atoms with Crippen molar-refractivity contribution in [3.8, 4) is 0 Å². The van der Waals surface area contributed by atoms with E-state index in [0.717, 1.165) is 29.9 Å². The van der Waals surface area contributed by atoms with Crippen molar-refractivity contribution in [2.24, 2.45) is 5.92 Å². The van der Waals surface area contributed by atoms with E-state index in [2.05, 4.69) is 25.7 Å². The molecule has 1 aromatic carbocycles. The van der Waals surface area contributed by atoms with E-state index in [1.165, 1.54) is 0 Å². The monoisotopic (exact) mass is 421 g/mol. The maximum Gasteiger partial charge on any atom is 0.308 e. The SMILES string of the molecule is CC1(C)C(=O)Nc2cc(Nc3nc4c(N5CCCC(C(=O)O)C5)nccn4n3)ccc21. The van der Waals surface area contributed by atoms with Crippen LogP contribution in [-0.4, -0.2) is 49.7 Å². The van der Waals surface area contributed by atoms with Crippen LogP contribution in [0.3, 0.4) is 0 Å². The summed E-state index contributed by atoms with van der Waals surface area (Å²) in [6.07, 6.45) is 4.80. The molecule has 0 spiro atoms. The Balaban J connectivity index is 1.43. The van der Waals surface area contributed by atoms with Crippen LogP contribution in [0.2, 0.25) is 0 Å². The number of carbonyl (C=O) groups excluding carboxylic acids is 1. The van der Waals surface area contributed by atoms with Crippen molar-refractivity contribution < 1.29 is 14.7 Å². The van der Waals surface area contributed by atoms with Crippen LogP contribution in [0.25, 0.3) is 5.65 Å². The zero-order chi connectivity index (χ0) is 21.8. The molecule has 1 atom stereocenters. The fraction of sp³-hybridized carbons (Fsp3) is 0.381. The first-order valence-electron chi connectivity index (χ1n) is 10.2. The summed E-state index contributed by atoms with van der Waals surface area (Å²) >= 11 is 0. The second-order valence-corrected chi connectivity index (χ2v) is 8.54. The number of aliphatic carboxylic acids is 1. The Labute approximate surface area is 178 Å². The Kier molecular flexibility index (Phi) is 4.31. The van der Waals surface area contributed by atoms with Crippen molar-refractivity contribution in [3.63, 3.8) is 0 Å². The Bertz CT molecular complexity index is 1200. The Morgan fingerprint density at radius 2 is 2.19 bits per heavy atom. The Hall–Kier alpha value is -3.69. The molecule has 5 rings (SSSR count). The van der Waals surface area contributed by atoms with Crippen LogP contribution in [-0.2, 0) is 15.0 Å². The van der Waals surface area contributed by atoms with E-state index >= 15 is 0 Å². The fourth-order valence-corrected chi connectivity index (χ4v) is 4.25. The number of nitrogens with zero attached hydrogens (tertiary/aromatic N) is 5. The first kappa shape index (κ1) is 19.3. The maximum atomic E-state index is 12.2. The Morgan fingerprint density at radius 3 is 3.00 bits per heavy atom. The number of hydrogen-bond acceptors (Lipinski definition) is 7. The van der Waals surface area contributed by atoms with Crippen LogP contribution in [0.4, 0.5) is 23.1 Å². The summed E-state index contributed by atoms with van der Waals surface area (Å²) in [5.74, 6) is -0.210.